The minimum absolute atomic E-state index is 0.139. The fourth-order valence-corrected chi connectivity index (χ4v) is 5.63. The van der Waals surface area contributed by atoms with Crippen LogP contribution in [0.1, 0.15) is 43.5 Å². The summed E-state index contributed by atoms with van der Waals surface area (Å²) in [5, 5.41) is 8.88. The van der Waals surface area contributed by atoms with Crippen LogP contribution in [0.25, 0.3) is 22.2 Å². The molecule has 1 heterocycles. The van der Waals surface area contributed by atoms with Crippen molar-refractivity contribution in [2.24, 2.45) is 11.8 Å². The van der Waals surface area contributed by atoms with Crippen LogP contribution in [-0.2, 0) is 5.41 Å². The van der Waals surface area contributed by atoms with Gasteiger partial charge >= 0.3 is 0 Å². The molecule has 0 amide bonds. The molecular weight excluding hydrogens is 373 g/mol. The molecule has 3 unspecified atom stereocenters. The number of anilines is 1. The number of rotatable bonds is 5. The van der Waals surface area contributed by atoms with Gasteiger partial charge in [0.05, 0.1) is 11.2 Å². The zero-order chi connectivity index (χ0) is 21.4. The predicted molar refractivity (Wildman–Crippen MR) is 123 cm³/mol. The van der Waals surface area contributed by atoms with Gasteiger partial charge in [-0.05, 0) is 86.1 Å². The van der Waals surface area contributed by atoms with E-state index in [1.165, 1.54) is 29.5 Å². The zero-order valence-corrected chi connectivity index (χ0v) is 17.4. The summed E-state index contributed by atoms with van der Waals surface area (Å²) in [7, 11) is 0. The predicted octanol–water partition coefficient (Wildman–Crippen LogP) is 6.24. The van der Waals surface area contributed by atoms with Crippen LogP contribution in [0.2, 0.25) is 0 Å². The van der Waals surface area contributed by atoms with Crippen molar-refractivity contribution in [3.8, 4) is 5.69 Å². The average molecular weight is 400 g/mol. The van der Waals surface area contributed by atoms with Crippen molar-refractivity contribution in [1.29, 1.82) is 5.41 Å². The van der Waals surface area contributed by atoms with Gasteiger partial charge in [0.1, 0.15) is 5.82 Å². The molecule has 2 aromatic carbocycles. The molecule has 0 spiro atoms. The third-order valence-electron chi connectivity index (χ3n) is 7.15. The van der Waals surface area contributed by atoms with Crippen LogP contribution in [0.5, 0.6) is 0 Å². The van der Waals surface area contributed by atoms with Crippen molar-refractivity contribution in [3.05, 3.63) is 77.8 Å². The number of hydrogen-bond donors (Lipinski definition) is 2. The fourth-order valence-electron chi connectivity index (χ4n) is 5.63. The maximum atomic E-state index is 13.6. The lowest BCUT2D eigenvalue weighted by atomic mass is 9.67. The van der Waals surface area contributed by atoms with Gasteiger partial charge in [0.15, 0.2) is 0 Å². The molecule has 3 nitrogen and oxygen atoms in total. The van der Waals surface area contributed by atoms with Crippen LogP contribution in [0, 0.1) is 23.1 Å². The van der Waals surface area contributed by atoms with Crippen LogP contribution >= 0.6 is 0 Å². The van der Waals surface area contributed by atoms with Crippen molar-refractivity contribution in [3.63, 3.8) is 0 Å². The van der Waals surface area contributed by atoms with Gasteiger partial charge in [-0.3, -0.25) is 0 Å². The summed E-state index contributed by atoms with van der Waals surface area (Å²) < 4.78 is 15.8. The summed E-state index contributed by atoms with van der Waals surface area (Å²) in [6.45, 7) is 12.7. The quantitative estimate of drug-likeness (QED) is 0.298. The van der Waals surface area contributed by atoms with Gasteiger partial charge in [0.2, 0.25) is 0 Å². The van der Waals surface area contributed by atoms with E-state index in [0.29, 0.717) is 23.1 Å². The summed E-state index contributed by atoms with van der Waals surface area (Å²) >= 11 is 0. The fraction of sp³-hybridized carbons (Fsp3) is 0.269. The van der Waals surface area contributed by atoms with Gasteiger partial charge in [-0.2, -0.15) is 0 Å². The second-order valence-electron chi connectivity index (χ2n) is 9.08. The average Bonchev–Trinajstić information content (AvgIpc) is 3.11. The standard InChI is InChI=1S/C26H26FN3/c1-14(2)20-11-26(12-21(20)26)24-19-10-22(29)16(13-28)9-23(19)30(25(24)15(3)4)18-7-5-17(27)6-8-18/h5-10,13,20-21,28H,1,3,11-12,29H2,2,4H3. The second kappa shape index (κ2) is 6.18. The Morgan fingerprint density at radius 3 is 2.47 bits per heavy atom. The van der Waals surface area contributed by atoms with Gasteiger partial charge in [0.25, 0.3) is 0 Å². The molecule has 30 heavy (non-hydrogen) atoms. The molecule has 3 atom stereocenters. The first-order valence-corrected chi connectivity index (χ1v) is 10.3. The van der Waals surface area contributed by atoms with Gasteiger partial charge in [-0.1, -0.05) is 18.7 Å². The number of aromatic nitrogens is 1. The Hall–Kier alpha value is -3.14. The second-order valence-corrected chi connectivity index (χ2v) is 9.08. The number of hydrogen-bond acceptors (Lipinski definition) is 2. The van der Waals surface area contributed by atoms with E-state index in [2.05, 4.69) is 24.6 Å². The lowest BCUT2D eigenvalue weighted by Gasteiger charge is -2.36. The number of halogens is 1. The van der Waals surface area contributed by atoms with Crippen LogP contribution < -0.4 is 5.73 Å². The topological polar surface area (TPSA) is 54.8 Å². The molecule has 2 fully saturated rings. The smallest absolute Gasteiger partial charge is 0.123 e. The van der Waals surface area contributed by atoms with Gasteiger partial charge < -0.3 is 15.7 Å². The molecule has 152 valence electrons. The molecular formula is C26H26FN3. The normalized spacial score (nSPS) is 24.2. The van der Waals surface area contributed by atoms with E-state index < -0.39 is 0 Å². The molecule has 5 rings (SSSR count). The number of nitrogen functional groups attached to an aromatic ring is 1. The number of fused-ring (bicyclic) bond motifs is 2. The first-order chi connectivity index (χ1) is 14.3. The van der Waals surface area contributed by atoms with E-state index in [0.717, 1.165) is 40.7 Å². The molecule has 0 aliphatic heterocycles. The van der Waals surface area contributed by atoms with Crippen molar-refractivity contribution in [2.45, 2.75) is 32.1 Å². The highest BCUT2D eigenvalue weighted by molar-refractivity contribution is 6.00. The van der Waals surface area contributed by atoms with E-state index in [1.807, 2.05) is 19.1 Å². The van der Waals surface area contributed by atoms with Crippen LogP contribution in [0.15, 0.2) is 55.1 Å². The SMILES string of the molecule is C=C(C)c1c(C23CC(C(=C)C)C2C3)c2cc(N)c(C=N)cc2n1-c1ccc(F)cc1. The molecule has 2 aliphatic carbocycles. The minimum Gasteiger partial charge on any atom is -0.398 e. The highest BCUT2D eigenvalue weighted by Crippen LogP contribution is 2.74. The van der Waals surface area contributed by atoms with E-state index >= 15 is 0 Å². The third-order valence-corrected chi connectivity index (χ3v) is 7.15. The molecule has 0 radical (unpaired) electrons. The van der Waals surface area contributed by atoms with Crippen LogP contribution in [0.4, 0.5) is 10.1 Å². The summed E-state index contributed by atoms with van der Waals surface area (Å²) in [6, 6.07) is 10.5. The number of allylic oxidation sites excluding steroid dienone is 2. The van der Waals surface area contributed by atoms with Crippen LogP contribution in [-0.4, -0.2) is 10.8 Å². The molecule has 3 N–H and O–H groups in total. The van der Waals surface area contributed by atoms with Gasteiger partial charge in [-0.25, -0.2) is 4.39 Å². The largest absolute Gasteiger partial charge is 0.398 e. The summed E-state index contributed by atoms with van der Waals surface area (Å²) in [5.41, 5.74) is 14.2. The Labute approximate surface area is 176 Å². The third kappa shape index (κ3) is 2.40. The minimum atomic E-state index is -0.263. The highest BCUT2D eigenvalue weighted by Gasteiger charge is 2.69. The molecule has 0 bridgehead atoms. The van der Waals surface area contributed by atoms with Gasteiger partial charge in [0, 0.05) is 34.0 Å². The highest BCUT2D eigenvalue weighted by atomic mass is 19.1. The number of nitrogens with one attached hydrogen (secondary N) is 1. The van der Waals surface area contributed by atoms with Crippen LogP contribution in [0.3, 0.4) is 0 Å². The Bertz CT molecular complexity index is 1250. The molecule has 1 aromatic heterocycles. The molecule has 3 aromatic rings. The Morgan fingerprint density at radius 2 is 1.90 bits per heavy atom. The maximum Gasteiger partial charge on any atom is 0.123 e. The summed E-state index contributed by atoms with van der Waals surface area (Å²) in [5.74, 6) is 0.926. The van der Waals surface area contributed by atoms with Crippen molar-refractivity contribution < 1.29 is 4.39 Å². The van der Waals surface area contributed by atoms with E-state index in [1.54, 1.807) is 12.1 Å². The van der Waals surface area contributed by atoms with E-state index in [9.17, 15) is 4.39 Å². The summed E-state index contributed by atoms with van der Waals surface area (Å²) in [6.07, 6.45) is 3.54. The Balaban J connectivity index is 1.84. The number of benzene rings is 2. The maximum absolute atomic E-state index is 13.6. The first-order valence-electron chi connectivity index (χ1n) is 10.3. The molecule has 2 aliphatic rings. The van der Waals surface area contributed by atoms with E-state index in [-0.39, 0.29) is 11.2 Å². The van der Waals surface area contributed by atoms with Crippen molar-refractivity contribution in [2.75, 3.05) is 5.73 Å². The van der Waals surface area contributed by atoms with Gasteiger partial charge in [-0.15, -0.1) is 0 Å². The first kappa shape index (κ1) is 18.9. The Kier molecular flexibility index (Phi) is 3.88. The molecule has 2 saturated carbocycles. The molecule has 0 saturated heterocycles. The Morgan fingerprint density at radius 1 is 1.20 bits per heavy atom. The van der Waals surface area contributed by atoms with Crippen molar-refractivity contribution >= 4 is 28.4 Å². The monoisotopic (exact) mass is 399 g/mol. The number of nitrogens with zero attached hydrogens (tertiary/aromatic N) is 1. The number of nitrogens with two attached hydrogens (primary N) is 1. The summed E-state index contributed by atoms with van der Waals surface area (Å²) in [4.78, 5) is 0. The lowest BCUT2D eigenvalue weighted by molar-refractivity contribution is 0.293. The zero-order valence-electron chi connectivity index (χ0n) is 17.4. The van der Waals surface area contributed by atoms with E-state index in [4.69, 9.17) is 11.1 Å². The molecule has 4 heteroatoms. The van der Waals surface area contributed by atoms with Crippen molar-refractivity contribution in [1.82, 2.24) is 4.57 Å². The lowest BCUT2D eigenvalue weighted by Crippen LogP contribution is -2.31.